The molecule has 0 heterocycles. The standard InChI is InChI=1S/C18H34O3.C2H6/c1-12(17(3,4)20)11-21-13(2)14-8-9-15-16(19)7-6-10-18(14,15)5;1-2/h12-16,19-20H,6-11H2,1-5H3;1-2H3/t12-,13?,14?,15?,16?,18?;/m0./s1. The van der Waals surface area contributed by atoms with Crippen molar-refractivity contribution in [3.05, 3.63) is 0 Å². The van der Waals surface area contributed by atoms with Crippen LogP contribution in [0.25, 0.3) is 0 Å². The van der Waals surface area contributed by atoms with Crippen LogP contribution in [0.1, 0.15) is 80.6 Å². The number of fused-ring (bicyclic) bond motifs is 1. The van der Waals surface area contributed by atoms with E-state index in [9.17, 15) is 10.2 Å². The average molecular weight is 329 g/mol. The van der Waals surface area contributed by atoms with Gasteiger partial charge >= 0.3 is 0 Å². The van der Waals surface area contributed by atoms with E-state index in [1.807, 2.05) is 34.6 Å². The molecule has 0 aromatic heterocycles. The minimum absolute atomic E-state index is 0.115. The van der Waals surface area contributed by atoms with E-state index in [2.05, 4.69) is 13.8 Å². The van der Waals surface area contributed by atoms with Crippen LogP contribution in [0, 0.1) is 23.2 Å². The van der Waals surface area contributed by atoms with Gasteiger partial charge in [-0.05, 0) is 63.7 Å². The second-order valence-corrected chi connectivity index (χ2v) is 8.35. The van der Waals surface area contributed by atoms with Gasteiger partial charge in [0.2, 0.25) is 0 Å². The van der Waals surface area contributed by atoms with Crippen molar-refractivity contribution in [2.24, 2.45) is 23.2 Å². The molecule has 0 saturated heterocycles. The summed E-state index contributed by atoms with van der Waals surface area (Å²) in [6.07, 6.45) is 5.71. The van der Waals surface area contributed by atoms with E-state index >= 15 is 0 Å². The summed E-state index contributed by atoms with van der Waals surface area (Å²) in [4.78, 5) is 0. The molecule has 2 fully saturated rings. The van der Waals surface area contributed by atoms with Gasteiger partial charge in [0, 0.05) is 5.92 Å². The molecule has 2 aliphatic rings. The first-order valence-corrected chi connectivity index (χ1v) is 9.68. The summed E-state index contributed by atoms with van der Waals surface area (Å²) < 4.78 is 6.12. The second kappa shape index (κ2) is 8.31. The maximum Gasteiger partial charge on any atom is 0.0639 e. The van der Waals surface area contributed by atoms with E-state index in [4.69, 9.17) is 4.74 Å². The lowest BCUT2D eigenvalue weighted by molar-refractivity contribution is -0.0877. The van der Waals surface area contributed by atoms with Gasteiger partial charge in [-0.2, -0.15) is 0 Å². The molecule has 3 nitrogen and oxygen atoms in total. The van der Waals surface area contributed by atoms with E-state index in [1.54, 1.807) is 0 Å². The molecule has 0 aromatic carbocycles. The molecule has 3 heteroatoms. The third kappa shape index (κ3) is 4.70. The van der Waals surface area contributed by atoms with Crippen LogP contribution in [0.15, 0.2) is 0 Å². The first-order valence-electron chi connectivity index (χ1n) is 9.68. The Balaban J connectivity index is 0.00000127. The van der Waals surface area contributed by atoms with Crippen molar-refractivity contribution in [3.63, 3.8) is 0 Å². The summed E-state index contributed by atoms with van der Waals surface area (Å²) in [5.74, 6) is 1.11. The molecule has 0 radical (unpaired) electrons. The first kappa shape index (κ1) is 20.9. The number of aliphatic hydroxyl groups is 2. The molecule has 0 amide bonds. The Hall–Kier alpha value is -0.120. The smallest absolute Gasteiger partial charge is 0.0639 e. The average Bonchev–Trinajstić information content (AvgIpc) is 2.84. The quantitative estimate of drug-likeness (QED) is 0.786. The lowest BCUT2D eigenvalue weighted by atomic mass is 9.63. The summed E-state index contributed by atoms with van der Waals surface area (Å²) >= 11 is 0. The van der Waals surface area contributed by atoms with Crippen molar-refractivity contribution in [2.45, 2.75) is 98.4 Å². The predicted octanol–water partition coefficient (Wildman–Crippen LogP) is 4.40. The highest BCUT2D eigenvalue weighted by molar-refractivity contribution is 5.02. The topological polar surface area (TPSA) is 49.7 Å². The van der Waals surface area contributed by atoms with E-state index in [1.165, 1.54) is 6.42 Å². The molecule has 6 atom stereocenters. The number of ether oxygens (including phenoxy) is 1. The second-order valence-electron chi connectivity index (χ2n) is 8.35. The van der Waals surface area contributed by atoms with E-state index in [0.29, 0.717) is 18.4 Å². The number of rotatable bonds is 5. The van der Waals surface area contributed by atoms with Gasteiger partial charge in [0.15, 0.2) is 0 Å². The van der Waals surface area contributed by atoms with Gasteiger partial charge in [0.25, 0.3) is 0 Å². The largest absolute Gasteiger partial charge is 0.393 e. The highest BCUT2D eigenvalue weighted by Crippen LogP contribution is 2.56. The van der Waals surface area contributed by atoms with Crippen LogP contribution < -0.4 is 0 Å². The summed E-state index contributed by atoms with van der Waals surface area (Å²) in [7, 11) is 0. The first-order chi connectivity index (χ1) is 10.7. The van der Waals surface area contributed by atoms with E-state index in [-0.39, 0.29) is 23.5 Å². The maximum absolute atomic E-state index is 10.3. The summed E-state index contributed by atoms with van der Waals surface area (Å²) in [6, 6.07) is 0. The fourth-order valence-corrected chi connectivity index (χ4v) is 4.58. The number of hydrogen-bond acceptors (Lipinski definition) is 3. The summed E-state index contributed by atoms with van der Waals surface area (Å²) in [5, 5.41) is 20.3. The zero-order valence-electron chi connectivity index (χ0n) is 16.4. The monoisotopic (exact) mass is 328 g/mol. The van der Waals surface area contributed by atoms with Gasteiger partial charge in [-0.15, -0.1) is 0 Å². The van der Waals surface area contributed by atoms with Crippen LogP contribution >= 0.6 is 0 Å². The molecule has 0 aliphatic heterocycles. The third-order valence-electron chi connectivity index (χ3n) is 6.54. The zero-order valence-corrected chi connectivity index (χ0v) is 16.4. The van der Waals surface area contributed by atoms with Crippen LogP contribution in [-0.2, 0) is 4.74 Å². The molecular weight excluding hydrogens is 288 g/mol. The van der Waals surface area contributed by atoms with Gasteiger partial charge in [0.05, 0.1) is 24.4 Å². The third-order valence-corrected chi connectivity index (χ3v) is 6.54. The molecule has 0 spiro atoms. The van der Waals surface area contributed by atoms with Crippen LogP contribution in [0.2, 0.25) is 0 Å². The van der Waals surface area contributed by atoms with Crippen molar-refractivity contribution in [1.82, 2.24) is 0 Å². The van der Waals surface area contributed by atoms with Crippen molar-refractivity contribution < 1.29 is 14.9 Å². The fourth-order valence-electron chi connectivity index (χ4n) is 4.58. The molecule has 138 valence electrons. The van der Waals surface area contributed by atoms with Crippen molar-refractivity contribution in [2.75, 3.05) is 6.61 Å². The fraction of sp³-hybridized carbons (Fsp3) is 1.00. The van der Waals surface area contributed by atoms with Crippen LogP contribution in [0.4, 0.5) is 0 Å². The van der Waals surface area contributed by atoms with Gasteiger partial charge in [0.1, 0.15) is 0 Å². The minimum Gasteiger partial charge on any atom is -0.393 e. The molecule has 0 bridgehead atoms. The van der Waals surface area contributed by atoms with Crippen LogP contribution in [0.5, 0.6) is 0 Å². The Morgan fingerprint density at radius 3 is 2.35 bits per heavy atom. The highest BCUT2D eigenvalue weighted by atomic mass is 16.5. The lowest BCUT2D eigenvalue weighted by Gasteiger charge is -2.45. The Morgan fingerprint density at radius 2 is 1.78 bits per heavy atom. The van der Waals surface area contributed by atoms with E-state index < -0.39 is 5.60 Å². The highest BCUT2D eigenvalue weighted by Gasteiger charge is 2.52. The summed E-state index contributed by atoms with van der Waals surface area (Å²) in [5.41, 5.74) is -0.460. The lowest BCUT2D eigenvalue weighted by Crippen LogP contribution is -2.43. The molecule has 5 unspecified atom stereocenters. The molecule has 2 aliphatic carbocycles. The van der Waals surface area contributed by atoms with Gasteiger partial charge < -0.3 is 14.9 Å². The normalized spacial score (nSPS) is 36.7. The molecule has 2 saturated carbocycles. The Kier molecular flexibility index (Phi) is 7.56. The predicted molar refractivity (Wildman–Crippen MR) is 96.4 cm³/mol. The van der Waals surface area contributed by atoms with Gasteiger partial charge in [-0.1, -0.05) is 34.1 Å². The van der Waals surface area contributed by atoms with Crippen molar-refractivity contribution in [3.8, 4) is 0 Å². The van der Waals surface area contributed by atoms with Gasteiger partial charge in [-0.3, -0.25) is 0 Å². The summed E-state index contributed by atoms with van der Waals surface area (Å²) in [6.45, 7) is 14.9. The maximum atomic E-state index is 10.3. The molecular formula is C20H40O3. The molecule has 23 heavy (non-hydrogen) atoms. The molecule has 0 aromatic rings. The van der Waals surface area contributed by atoms with E-state index in [0.717, 1.165) is 25.7 Å². The Bertz CT molecular complexity index is 349. The van der Waals surface area contributed by atoms with Crippen molar-refractivity contribution >= 4 is 0 Å². The van der Waals surface area contributed by atoms with Crippen LogP contribution in [0.3, 0.4) is 0 Å². The molecule has 2 N–H and O–H groups in total. The van der Waals surface area contributed by atoms with Gasteiger partial charge in [-0.25, -0.2) is 0 Å². The van der Waals surface area contributed by atoms with Crippen molar-refractivity contribution in [1.29, 1.82) is 0 Å². The molecule has 2 rings (SSSR count). The Morgan fingerprint density at radius 1 is 1.17 bits per heavy atom. The zero-order chi connectivity index (χ0) is 17.8. The SMILES string of the molecule is CC.CC(OC[C@H](C)C(C)(C)O)C1CCC2C(O)CCCC21C. The number of aliphatic hydroxyl groups excluding tert-OH is 1. The minimum atomic E-state index is -0.692. The Labute approximate surface area is 143 Å². The van der Waals surface area contributed by atoms with Crippen LogP contribution in [-0.4, -0.2) is 34.6 Å². The number of hydrogen-bond donors (Lipinski definition) is 2.